The van der Waals surface area contributed by atoms with E-state index in [1.165, 1.54) is 14.2 Å². The van der Waals surface area contributed by atoms with Crippen molar-refractivity contribution in [2.45, 2.75) is 77.5 Å². The van der Waals surface area contributed by atoms with Crippen LogP contribution in [0, 0.1) is 23.7 Å². The Bertz CT molecular complexity index is 2060. The number of nitrogens with zero attached hydrogens (tertiary/aromatic N) is 4. The van der Waals surface area contributed by atoms with Crippen molar-refractivity contribution >= 4 is 35.0 Å². The Morgan fingerprint density at radius 3 is 1.87 bits per heavy atom. The summed E-state index contributed by atoms with van der Waals surface area (Å²) in [6.07, 6.45) is 3.63. The fourth-order valence-corrected chi connectivity index (χ4v) is 7.21. The number of carbonyl (C=O) groups excluding carboxylic acids is 4. The lowest BCUT2D eigenvalue weighted by atomic mass is 10.0. The van der Waals surface area contributed by atoms with Crippen LogP contribution in [0.15, 0.2) is 48.7 Å². The molecule has 2 aromatic carbocycles. The molecule has 6 rings (SSSR count). The van der Waals surface area contributed by atoms with Gasteiger partial charge in [-0.3, -0.25) is 9.59 Å². The summed E-state index contributed by atoms with van der Waals surface area (Å²) in [5.41, 5.74) is 5.18. The molecule has 284 valence electrons. The molecule has 14 nitrogen and oxygen atoms in total. The van der Waals surface area contributed by atoms with Gasteiger partial charge in [0.15, 0.2) is 0 Å². The minimum Gasteiger partial charge on any atom is -0.453 e. The van der Waals surface area contributed by atoms with Gasteiger partial charge in [0.05, 0.1) is 43.5 Å². The highest BCUT2D eigenvalue weighted by Gasteiger charge is 2.39. The fourth-order valence-electron chi connectivity index (χ4n) is 7.21. The Morgan fingerprint density at radius 2 is 1.31 bits per heavy atom. The van der Waals surface area contributed by atoms with Crippen molar-refractivity contribution < 1.29 is 28.7 Å². The van der Waals surface area contributed by atoms with Crippen LogP contribution in [0.2, 0.25) is 0 Å². The molecule has 4 atom stereocenters. The number of aromatic amines is 2. The standard InChI is InChI=1S/C40H48N8O6/c1-23(2)33(45-39(51)53-5)37(49)47-19-7-9-31(47)35-41-22-28(42-35)17-13-25-11-14-26(15-12-25)27-16-18-29-30(21-27)44-36(43-29)32-10-8-20-48(32)38(50)34(24(3)4)46-40(52)54-6/h11-12,14-16,18,21-24,31-34H,7-10,19-20H2,1-6H3,(H,41,42)(H,43,44)(H,45,51)(H,46,52)/t31-,32-,33?,34-/m0/s1. The lowest BCUT2D eigenvalue weighted by Gasteiger charge is -2.29. The zero-order chi connectivity index (χ0) is 38.5. The minimum atomic E-state index is -0.698. The van der Waals surface area contributed by atoms with Crippen LogP contribution in [0.3, 0.4) is 0 Å². The highest BCUT2D eigenvalue weighted by molar-refractivity contribution is 5.87. The maximum absolute atomic E-state index is 13.6. The van der Waals surface area contributed by atoms with Gasteiger partial charge in [-0.15, -0.1) is 0 Å². The van der Waals surface area contributed by atoms with Crippen LogP contribution in [0.1, 0.15) is 88.4 Å². The number of likely N-dealkylation sites (tertiary alicyclic amines) is 2. The summed E-state index contributed by atoms with van der Waals surface area (Å²) in [6, 6.07) is 12.2. The van der Waals surface area contributed by atoms with E-state index in [0.717, 1.165) is 59.2 Å². The van der Waals surface area contributed by atoms with Crippen LogP contribution in [0.5, 0.6) is 0 Å². The largest absolute Gasteiger partial charge is 0.453 e. The number of H-pyrrole nitrogens is 2. The molecule has 2 saturated heterocycles. The highest BCUT2D eigenvalue weighted by Crippen LogP contribution is 2.34. The van der Waals surface area contributed by atoms with Crippen molar-refractivity contribution in [1.29, 1.82) is 0 Å². The van der Waals surface area contributed by atoms with E-state index in [2.05, 4.69) is 43.5 Å². The number of fused-ring (bicyclic) bond motifs is 1. The second kappa shape index (κ2) is 16.4. The summed E-state index contributed by atoms with van der Waals surface area (Å²) < 4.78 is 9.49. The van der Waals surface area contributed by atoms with Crippen molar-refractivity contribution in [3.05, 3.63) is 71.6 Å². The second-order valence-electron chi connectivity index (χ2n) is 14.5. The smallest absolute Gasteiger partial charge is 0.407 e. The number of carbonyl (C=O) groups is 4. The van der Waals surface area contributed by atoms with E-state index in [0.29, 0.717) is 24.6 Å². The van der Waals surface area contributed by atoms with E-state index in [1.807, 2.05) is 69.0 Å². The van der Waals surface area contributed by atoms with Gasteiger partial charge in [0.25, 0.3) is 0 Å². The Hall–Kier alpha value is -5.84. The average Bonchev–Trinajstić information content (AvgIpc) is 4.00. The molecule has 2 aliphatic rings. The van der Waals surface area contributed by atoms with Crippen LogP contribution in [-0.4, -0.2) is 93.1 Å². The number of methoxy groups -OCH3 is 2. The molecular weight excluding hydrogens is 688 g/mol. The molecule has 0 aliphatic carbocycles. The number of aromatic nitrogens is 4. The van der Waals surface area contributed by atoms with E-state index >= 15 is 0 Å². The lowest BCUT2D eigenvalue weighted by Crippen LogP contribution is -2.51. The number of nitrogens with one attached hydrogen (secondary N) is 4. The molecule has 4 N–H and O–H groups in total. The third-order valence-corrected chi connectivity index (χ3v) is 10.1. The van der Waals surface area contributed by atoms with Gasteiger partial charge >= 0.3 is 12.2 Å². The number of ether oxygens (including phenoxy) is 2. The summed E-state index contributed by atoms with van der Waals surface area (Å²) in [5, 5.41) is 5.37. The zero-order valence-corrected chi connectivity index (χ0v) is 31.6. The molecule has 54 heavy (non-hydrogen) atoms. The fraction of sp³-hybridized carbons (Fsp3) is 0.450. The molecule has 4 amide bonds. The van der Waals surface area contributed by atoms with Crippen LogP contribution in [-0.2, 0) is 19.1 Å². The quantitative estimate of drug-likeness (QED) is 0.164. The number of hydrogen-bond acceptors (Lipinski definition) is 8. The monoisotopic (exact) mass is 736 g/mol. The van der Waals surface area contributed by atoms with E-state index in [-0.39, 0.29) is 35.7 Å². The first-order chi connectivity index (χ1) is 26.0. The van der Waals surface area contributed by atoms with Gasteiger partial charge in [0, 0.05) is 18.7 Å². The predicted octanol–water partition coefficient (Wildman–Crippen LogP) is 5.44. The van der Waals surface area contributed by atoms with Crippen molar-refractivity contribution in [2.75, 3.05) is 27.3 Å². The number of rotatable bonds is 9. The maximum Gasteiger partial charge on any atom is 0.407 e. The SMILES string of the molecule is COC(=O)NC(C(=O)N1CCC[C@H]1c1ncc(C#Cc2ccc(-c3ccc4nc([C@@H]5CCCN5C(=O)[C@@H](NC(=O)OC)C(C)C)[nH]c4c3)cc2)[nH]1)C(C)C. The van der Waals surface area contributed by atoms with Gasteiger partial charge in [0.2, 0.25) is 11.8 Å². The molecule has 2 aromatic heterocycles. The zero-order valence-electron chi connectivity index (χ0n) is 31.6. The van der Waals surface area contributed by atoms with Crippen LogP contribution in [0.25, 0.3) is 22.2 Å². The van der Waals surface area contributed by atoms with Crippen LogP contribution < -0.4 is 10.6 Å². The number of imidazole rings is 2. The van der Waals surface area contributed by atoms with Gasteiger partial charge in [0.1, 0.15) is 29.4 Å². The highest BCUT2D eigenvalue weighted by atomic mass is 16.5. The van der Waals surface area contributed by atoms with Gasteiger partial charge in [-0.1, -0.05) is 51.8 Å². The Labute approximate surface area is 314 Å². The number of hydrogen-bond donors (Lipinski definition) is 4. The summed E-state index contributed by atoms with van der Waals surface area (Å²) in [6.45, 7) is 8.74. The Morgan fingerprint density at radius 1 is 0.759 bits per heavy atom. The van der Waals surface area contributed by atoms with Crippen LogP contribution in [0.4, 0.5) is 9.59 Å². The molecule has 2 fully saturated rings. The first kappa shape index (κ1) is 37.9. The molecule has 0 bridgehead atoms. The predicted molar refractivity (Wildman–Crippen MR) is 202 cm³/mol. The molecule has 0 saturated carbocycles. The number of alkyl carbamates (subject to hydrolysis) is 2. The molecular formula is C40H48N8O6. The summed E-state index contributed by atoms with van der Waals surface area (Å²) in [7, 11) is 2.57. The third-order valence-electron chi connectivity index (χ3n) is 10.1. The van der Waals surface area contributed by atoms with Crippen LogP contribution >= 0.6 is 0 Å². The lowest BCUT2D eigenvalue weighted by molar-refractivity contribution is -0.136. The minimum absolute atomic E-state index is 0.110. The first-order valence-electron chi connectivity index (χ1n) is 18.4. The van der Waals surface area contributed by atoms with Gasteiger partial charge in [-0.05, 0) is 78.8 Å². The van der Waals surface area contributed by atoms with Gasteiger partial charge < -0.3 is 39.9 Å². The molecule has 0 spiro atoms. The summed E-state index contributed by atoms with van der Waals surface area (Å²) in [4.78, 5) is 70.6. The molecule has 1 unspecified atom stereocenters. The normalized spacial score (nSPS) is 18.0. The van der Waals surface area contributed by atoms with E-state index in [1.54, 1.807) is 11.1 Å². The Balaban J connectivity index is 1.12. The van der Waals surface area contributed by atoms with Crippen molar-refractivity contribution in [3.8, 4) is 23.0 Å². The number of benzene rings is 2. The average molecular weight is 737 g/mol. The summed E-state index contributed by atoms with van der Waals surface area (Å²) >= 11 is 0. The maximum atomic E-state index is 13.6. The first-order valence-corrected chi connectivity index (χ1v) is 18.4. The van der Waals surface area contributed by atoms with Gasteiger partial charge in [-0.25, -0.2) is 19.6 Å². The van der Waals surface area contributed by atoms with E-state index in [9.17, 15) is 19.2 Å². The topological polar surface area (TPSA) is 175 Å². The van der Waals surface area contributed by atoms with E-state index < -0.39 is 24.3 Å². The van der Waals surface area contributed by atoms with Crippen molar-refractivity contribution in [1.82, 2.24) is 40.4 Å². The molecule has 0 radical (unpaired) electrons. The number of amides is 4. The van der Waals surface area contributed by atoms with Crippen molar-refractivity contribution in [2.24, 2.45) is 11.8 Å². The molecule has 4 heterocycles. The van der Waals surface area contributed by atoms with Crippen molar-refractivity contribution in [3.63, 3.8) is 0 Å². The van der Waals surface area contributed by atoms with Gasteiger partial charge in [-0.2, -0.15) is 0 Å². The summed E-state index contributed by atoms with van der Waals surface area (Å²) in [5.74, 6) is 7.23. The Kier molecular flexibility index (Phi) is 11.5. The molecule has 14 heteroatoms. The molecule has 2 aliphatic heterocycles. The van der Waals surface area contributed by atoms with E-state index in [4.69, 9.17) is 14.5 Å². The molecule has 4 aromatic rings. The second-order valence-corrected chi connectivity index (χ2v) is 14.5. The third kappa shape index (κ3) is 8.20.